The van der Waals surface area contributed by atoms with Gasteiger partial charge in [-0.15, -0.1) is 0 Å². The second-order valence-corrected chi connectivity index (χ2v) is 4.49. The number of aryl methyl sites for hydroxylation is 1. The minimum Gasteiger partial charge on any atom is -0.478 e. The van der Waals surface area contributed by atoms with Crippen LogP contribution >= 0.6 is 0 Å². The van der Waals surface area contributed by atoms with Crippen molar-refractivity contribution < 1.29 is 19.1 Å². The topological polar surface area (TPSA) is 92.4 Å². The molecule has 0 aliphatic carbocycles. The Morgan fingerprint density at radius 1 is 1.24 bits per heavy atom. The van der Waals surface area contributed by atoms with Gasteiger partial charge in [0, 0.05) is 5.69 Å². The van der Waals surface area contributed by atoms with Gasteiger partial charge < -0.3 is 16.2 Å². The van der Waals surface area contributed by atoms with Gasteiger partial charge in [0.05, 0.1) is 16.8 Å². The molecule has 2 aromatic rings. The number of carboxylic acids is 1. The molecule has 0 saturated carbocycles. The number of carboxylic acid groups (broad SMARTS) is 1. The van der Waals surface area contributed by atoms with Crippen molar-refractivity contribution in [1.82, 2.24) is 0 Å². The molecule has 1 amide bonds. The van der Waals surface area contributed by atoms with E-state index in [1.54, 1.807) is 13.0 Å². The molecule has 0 saturated heterocycles. The first-order valence-electron chi connectivity index (χ1n) is 6.09. The molecule has 0 fully saturated rings. The lowest BCUT2D eigenvalue weighted by molar-refractivity contribution is 0.0696. The van der Waals surface area contributed by atoms with Crippen LogP contribution in [0, 0.1) is 12.7 Å². The largest absolute Gasteiger partial charge is 0.478 e. The van der Waals surface area contributed by atoms with Crippen LogP contribution in [0.2, 0.25) is 0 Å². The van der Waals surface area contributed by atoms with Crippen LogP contribution in [-0.4, -0.2) is 17.0 Å². The van der Waals surface area contributed by atoms with E-state index in [4.69, 9.17) is 10.8 Å². The Balaban J connectivity index is 2.33. The zero-order valence-corrected chi connectivity index (χ0v) is 11.2. The molecule has 5 nitrogen and oxygen atoms in total. The number of anilines is 2. The van der Waals surface area contributed by atoms with Crippen LogP contribution in [0.3, 0.4) is 0 Å². The van der Waals surface area contributed by atoms with E-state index in [-0.39, 0.29) is 16.8 Å². The third-order valence-electron chi connectivity index (χ3n) is 3.03. The predicted molar refractivity (Wildman–Crippen MR) is 76.9 cm³/mol. The average molecular weight is 288 g/mol. The summed E-state index contributed by atoms with van der Waals surface area (Å²) in [7, 11) is 0. The van der Waals surface area contributed by atoms with Gasteiger partial charge in [-0.25, -0.2) is 9.18 Å². The maximum Gasteiger partial charge on any atom is 0.335 e. The molecular formula is C15H13FN2O3. The molecule has 2 rings (SSSR count). The lowest BCUT2D eigenvalue weighted by Crippen LogP contribution is -2.16. The second kappa shape index (κ2) is 5.62. The highest BCUT2D eigenvalue weighted by Crippen LogP contribution is 2.21. The summed E-state index contributed by atoms with van der Waals surface area (Å²) in [4.78, 5) is 23.1. The Labute approximate surface area is 120 Å². The number of nitrogens with one attached hydrogen (secondary N) is 1. The highest BCUT2D eigenvalue weighted by Gasteiger charge is 2.14. The van der Waals surface area contributed by atoms with Gasteiger partial charge in [-0.05, 0) is 36.8 Å². The summed E-state index contributed by atoms with van der Waals surface area (Å²) in [5.74, 6) is -2.38. The van der Waals surface area contributed by atoms with Crippen LogP contribution in [0.5, 0.6) is 0 Å². The third kappa shape index (κ3) is 3.00. The lowest BCUT2D eigenvalue weighted by atomic mass is 10.1. The Kier molecular flexibility index (Phi) is 3.89. The number of benzene rings is 2. The van der Waals surface area contributed by atoms with E-state index in [1.165, 1.54) is 24.3 Å². The number of para-hydroxylation sites is 1. The van der Waals surface area contributed by atoms with Crippen molar-refractivity contribution in [3.8, 4) is 0 Å². The molecule has 0 aliphatic heterocycles. The van der Waals surface area contributed by atoms with Gasteiger partial charge in [-0.2, -0.15) is 0 Å². The maximum absolute atomic E-state index is 13.3. The molecule has 0 atom stereocenters. The molecule has 0 bridgehead atoms. The van der Waals surface area contributed by atoms with Gasteiger partial charge in [0.25, 0.3) is 5.91 Å². The summed E-state index contributed by atoms with van der Waals surface area (Å²) >= 11 is 0. The number of nitrogen functional groups attached to an aromatic ring is 1. The first-order valence-corrected chi connectivity index (χ1v) is 6.09. The number of rotatable bonds is 3. The van der Waals surface area contributed by atoms with Crippen LogP contribution < -0.4 is 11.1 Å². The van der Waals surface area contributed by atoms with E-state index in [9.17, 15) is 14.0 Å². The molecule has 4 N–H and O–H groups in total. The van der Waals surface area contributed by atoms with Gasteiger partial charge in [-0.1, -0.05) is 12.1 Å². The average Bonchev–Trinajstić information content (AvgIpc) is 2.43. The number of halogens is 1. The number of hydrogen-bond donors (Lipinski definition) is 3. The minimum atomic E-state index is -1.10. The van der Waals surface area contributed by atoms with Gasteiger partial charge in [-0.3, -0.25) is 4.79 Å². The quantitative estimate of drug-likeness (QED) is 0.757. The molecule has 0 heterocycles. The van der Waals surface area contributed by atoms with E-state index in [0.29, 0.717) is 11.3 Å². The summed E-state index contributed by atoms with van der Waals surface area (Å²) in [5.41, 5.74) is 6.34. The fourth-order valence-electron chi connectivity index (χ4n) is 1.81. The summed E-state index contributed by atoms with van der Waals surface area (Å²) < 4.78 is 13.3. The number of nitrogens with two attached hydrogens (primary N) is 1. The fraction of sp³-hybridized carbons (Fsp3) is 0.0667. The monoisotopic (exact) mass is 288 g/mol. The van der Waals surface area contributed by atoms with Crippen molar-refractivity contribution in [2.75, 3.05) is 11.1 Å². The molecule has 0 unspecified atom stereocenters. The molecule has 0 aromatic heterocycles. The molecule has 0 aliphatic rings. The van der Waals surface area contributed by atoms with Crippen molar-refractivity contribution in [3.63, 3.8) is 0 Å². The first-order chi connectivity index (χ1) is 9.90. The zero-order chi connectivity index (χ0) is 15.6. The minimum absolute atomic E-state index is 0.00451. The maximum atomic E-state index is 13.3. The zero-order valence-electron chi connectivity index (χ0n) is 11.2. The molecule has 0 radical (unpaired) electrons. The number of carbonyl (C=O) groups is 2. The Morgan fingerprint density at radius 2 is 1.95 bits per heavy atom. The number of aromatic carboxylic acids is 1. The van der Waals surface area contributed by atoms with Crippen LogP contribution in [0.1, 0.15) is 26.3 Å². The number of hydrogen-bond acceptors (Lipinski definition) is 3. The molecule has 21 heavy (non-hydrogen) atoms. The smallest absolute Gasteiger partial charge is 0.335 e. The van der Waals surface area contributed by atoms with E-state index in [2.05, 4.69) is 5.32 Å². The van der Waals surface area contributed by atoms with Crippen molar-refractivity contribution in [3.05, 3.63) is 58.9 Å². The van der Waals surface area contributed by atoms with Gasteiger partial charge >= 0.3 is 5.97 Å². The SMILES string of the molecule is Cc1ccc(C(=O)O)cc1NC(=O)c1cccc(F)c1N. The molecular weight excluding hydrogens is 275 g/mol. The van der Waals surface area contributed by atoms with Crippen LogP contribution in [0.25, 0.3) is 0 Å². The summed E-state index contributed by atoms with van der Waals surface area (Å²) in [6.07, 6.45) is 0. The summed E-state index contributed by atoms with van der Waals surface area (Å²) in [5, 5.41) is 11.5. The van der Waals surface area contributed by atoms with Crippen LogP contribution in [-0.2, 0) is 0 Å². The molecule has 2 aromatic carbocycles. The van der Waals surface area contributed by atoms with Crippen LogP contribution in [0.4, 0.5) is 15.8 Å². The van der Waals surface area contributed by atoms with E-state index in [1.807, 2.05) is 0 Å². The van der Waals surface area contributed by atoms with Crippen LogP contribution in [0.15, 0.2) is 36.4 Å². The molecule has 0 spiro atoms. The van der Waals surface area contributed by atoms with Gasteiger partial charge in [0.1, 0.15) is 5.82 Å². The highest BCUT2D eigenvalue weighted by molar-refractivity contribution is 6.08. The summed E-state index contributed by atoms with van der Waals surface area (Å²) in [6, 6.07) is 8.27. The second-order valence-electron chi connectivity index (χ2n) is 4.49. The number of amides is 1. The predicted octanol–water partition coefficient (Wildman–Crippen LogP) is 2.67. The van der Waals surface area contributed by atoms with Gasteiger partial charge in [0.2, 0.25) is 0 Å². The normalized spacial score (nSPS) is 10.2. The van der Waals surface area contributed by atoms with E-state index in [0.717, 1.165) is 6.07 Å². The standard InChI is InChI=1S/C15H13FN2O3/c1-8-5-6-9(15(20)21)7-12(8)18-14(19)10-3-2-4-11(16)13(10)17/h2-7H,17H2,1H3,(H,18,19)(H,20,21). The Bertz CT molecular complexity index is 729. The molecule has 6 heteroatoms. The number of carbonyl (C=O) groups excluding carboxylic acids is 1. The Hall–Kier alpha value is -2.89. The van der Waals surface area contributed by atoms with Gasteiger partial charge in [0.15, 0.2) is 0 Å². The van der Waals surface area contributed by atoms with E-state index < -0.39 is 17.7 Å². The Morgan fingerprint density at radius 3 is 2.62 bits per heavy atom. The van der Waals surface area contributed by atoms with Crippen molar-refractivity contribution >= 4 is 23.3 Å². The van der Waals surface area contributed by atoms with Crippen molar-refractivity contribution in [2.24, 2.45) is 0 Å². The van der Waals surface area contributed by atoms with E-state index >= 15 is 0 Å². The highest BCUT2D eigenvalue weighted by atomic mass is 19.1. The third-order valence-corrected chi connectivity index (χ3v) is 3.03. The first kappa shape index (κ1) is 14.5. The van der Waals surface area contributed by atoms with Crippen molar-refractivity contribution in [1.29, 1.82) is 0 Å². The van der Waals surface area contributed by atoms with Crippen molar-refractivity contribution in [2.45, 2.75) is 6.92 Å². The summed E-state index contributed by atoms with van der Waals surface area (Å²) in [6.45, 7) is 1.72. The lowest BCUT2D eigenvalue weighted by Gasteiger charge is -2.11. The molecule has 108 valence electrons. The fourth-order valence-corrected chi connectivity index (χ4v) is 1.81.